The molecule has 0 spiro atoms. The Morgan fingerprint density at radius 1 is 1.23 bits per heavy atom. The van der Waals surface area contributed by atoms with Crippen molar-refractivity contribution in [3.8, 4) is 11.5 Å². The lowest BCUT2D eigenvalue weighted by Crippen LogP contribution is -2.48. The van der Waals surface area contributed by atoms with Crippen LogP contribution in [-0.4, -0.2) is 60.7 Å². The van der Waals surface area contributed by atoms with Crippen LogP contribution in [0.15, 0.2) is 18.2 Å². The second-order valence-electron chi connectivity index (χ2n) is 6.44. The average Bonchev–Trinajstić information content (AvgIpc) is 3.27. The van der Waals surface area contributed by atoms with E-state index in [1.807, 2.05) is 31.0 Å². The fourth-order valence-electron chi connectivity index (χ4n) is 3.25. The normalized spacial score (nSPS) is 16.8. The summed E-state index contributed by atoms with van der Waals surface area (Å²) in [5, 5.41) is 3.79. The van der Waals surface area contributed by atoms with Gasteiger partial charge in [0.2, 0.25) is 6.79 Å². The first-order valence-corrected chi connectivity index (χ1v) is 9.51. The number of aryl methyl sites for hydroxylation is 1. The van der Waals surface area contributed by atoms with Crippen molar-refractivity contribution in [3.05, 3.63) is 34.3 Å². The Hall–Kier alpha value is -2.32. The third kappa shape index (κ3) is 3.34. The number of amides is 1. The molecule has 8 heteroatoms. The monoisotopic (exact) mass is 374 g/mol. The topological polar surface area (TPSA) is 66.9 Å². The van der Waals surface area contributed by atoms with Crippen LogP contribution in [0.5, 0.6) is 11.5 Å². The zero-order valence-electron chi connectivity index (χ0n) is 14.9. The van der Waals surface area contributed by atoms with Crippen LogP contribution >= 0.6 is 11.3 Å². The number of hydrogen-bond donors (Lipinski definition) is 1. The van der Waals surface area contributed by atoms with Crippen LogP contribution in [0.25, 0.3) is 0 Å². The number of hydrogen-bond acceptors (Lipinski definition) is 7. The van der Waals surface area contributed by atoms with Crippen LogP contribution in [0, 0.1) is 6.92 Å². The summed E-state index contributed by atoms with van der Waals surface area (Å²) < 4.78 is 10.8. The van der Waals surface area contributed by atoms with Crippen molar-refractivity contribution >= 4 is 22.4 Å². The molecule has 0 atom stereocenters. The van der Waals surface area contributed by atoms with Crippen molar-refractivity contribution in [2.75, 3.05) is 45.3 Å². The molecule has 26 heavy (non-hydrogen) atoms. The minimum absolute atomic E-state index is 0.0872. The zero-order valence-corrected chi connectivity index (χ0v) is 15.8. The van der Waals surface area contributed by atoms with Crippen molar-refractivity contribution in [2.45, 2.75) is 13.5 Å². The molecular formula is C18H22N4O3S. The number of thiazole rings is 1. The van der Waals surface area contributed by atoms with Gasteiger partial charge in [-0.25, -0.2) is 4.98 Å². The summed E-state index contributed by atoms with van der Waals surface area (Å²) in [5.74, 6) is 1.71. The molecule has 0 radical (unpaired) electrons. The molecule has 2 aliphatic rings. The lowest BCUT2D eigenvalue weighted by atomic mass is 10.1. The molecule has 3 heterocycles. The van der Waals surface area contributed by atoms with Gasteiger partial charge in [0, 0.05) is 39.8 Å². The Bertz CT molecular complexity index is 815. The van der Waals surface area contributed by atoms with Gasteiger partial charge < -0.3 is 19.7 Å². The molecule has 0 saturated carbocycles. The van der Waals surface area contributed by atoms with Gasteiger partial charge in [-0.1, -0.05) is 17.4 Å². The summed E-state index contributed by atoms with van der Waals surface area (Å²) in [5.41, 5.74) is 2.00. The SMILES string of the molecule is CNc1nc(C)c(C(=O)N2CCN(Cc3ccc4c(c3)OCO4)CC2)s1. The number of fused-ring (bicyclic) bond motifs is 1. The molecule has 1 N–H and O–H groups in total. The average molecular weight is 374 g/mol. The van der Waals surface area contributed by atoms with Gasteiger partial charge in [-0.05, 0) is 24.6 Å². The van der Waals surface area contributed by atoms with Crippen molar-refractivity contribution in [1.29, 1.82) is 0 Å². The summed E-state index contributed by atoms with van der Waals surface area (Å²) in [4.78, 5) is 22.2. The van der Waals surface area contributed by atoms with Gasteiger partial charge >= 0.3 is 0 Å². The smallest absolute Gasteiger partial charge is 0.266 e. The number of anilines is 1. The zero-order chi connectivity index (χ0) is 18.1. The van der Waals surface area contributed by atoms with Gasteiger partial charge in [0.25, 0.3) is 5.91 Å². The number of piperazine rings is 1. The van der Waals surface area contributed by atoms with E-state index in [4.69, 9.17) is 9.47 Å². The van der Waals surface area contributed by atoms with Gasteiger partial charge in [-0.15, -0.1) is 0 Å². The Labute approximate surface area is 156 Å². The van der Waals surface area contributed by atoms with Crippen LogP contribution in [-0.2, 0) is 6.54 Å². The molecule has 138 valence electrons. The number of rotatable bonds is 4. The van der Waals surface area contributed by atoms with Gasteiger partial charge in [0.15, 0.2) is 16.6 Å². The van der Waals surface area contributed by atoms with Crippen LogP contribution in [0.4, 0.5) is 5.13 Å². The number of carbonyl (C=O) groups is 1. The van der Waals surface area contributed by atoms with E-state index in [2.05, 4.69) is 21.3 Å². The van der Waals surface area contributed by atoms with Crippen molar-refractivity contribution in [3.63, 3.8) is 0 Å². The molecule has 1 aromatic heterocycles. The summed E-state index contributed by atoms with van der Waals surface area (Å²) in [6, 6.07) is 6.08. The second kappa shape index (κ2) is 7.13. The maximum Gasteiger partial charge on any atom is 0.266 e. The first-order chi connectivity index (χ1) is 12.6. The summed E-state index contributed by atoms with van der Waals surface area (Å²) in [7, 11) is 1.82. The minimum Gasteiger partial charge on any atom is -0.454 e. The molecule has 0 bridgehead atoms. The fourth-order valence-corrected chi connectivity index (χ4v) is 4.14. The van der Waals surface area contributed by atoms with Crippen molar-refractivity contribution < 1.29 is 14.3 Å². The Kier molecular flexibility index (Phi) is 4.69. The third-order valence-electron chi connectivity index (χ3n) is 4.71. The highest BCUT2D eigenvalue weighted by Gasteiger charge is 2.25. The first-order valence-electron chi connectivity index (χ1n) is 8.69. The van der Waals surface area contributed by atoms with Crippen molar-refractivity contribution in [1.82, 2.24) is 14.8 Å². The molecule has 1 fully saturated rings. The number of ether oxygens (including phenoxy) is 2. The number of nitrogens with zero attached hydrogens (tertiary/aromatic N) is 3. The first kappa shape index (κ1) is 17.1. The quantitative estimate of drug-likeness (QED) is 0.885. The molecule has 1 saturated heterocycles. The Morgan fingerprint density at radius 3 is 2.73 bits per heavy atom. The number of carbonyl (C=O) groups excluding carboxylic acids is 1. The molecule has 2 aromatic rings. The highest BCUT2D eigenvalue weighted by molar-refractivity contribution is 7.17. The summed E-state index contributed by atoms with van der Waals surface area (Å²) in [6.45, 7) is 6.22. The van der Waals surface area contributed by atoms with Gasteiger partial charge in [-0.3, -0.25) is 9.69 Å². The number of nitrogens with one attached hydrogen (secondary N) is 1. The van der Waals surface area contributed by atoms with Gasteiger partial charge in [-0.2, -0.15) is 0 Å². The minimum atomic E-state index is 0.0872. The highest BCUT2D eigenvalue weighted by Crippen LogP contribution is 2.33. The van der Waals surface area contributed by atoms with E-state index in [9.17, 15) is 4.79 Å². The number of benzene rings is 1. The lowest BCUT2D eigenvalue weighted by Gasteiger charge is -2.34. The predicted molar refractivity (Wildman–Crippen MR) is 100 cm³/mol. The van der Waals surface area contributed by atoms with E-state index < -0.39 is 0 Å². The Balaban J connectivity index is 1.35. The molecule has 2 aliphatic heterocycles. The molecule has 0 aliphatic carbocycles. The largest absolute Gasteiger partial charge is 0.454 e. The van der Waals surface area contributed by atoms with Crippen LogP contribution in [0.2, 0.25) is 0 Å². The molecule has 1 amide bonds. The van der Waals surface area contributed by atoms with E-state index in [1.54, 1.807) is 0 Å². The van der Waals surface area contributed by atoms with E-state index in [-0.39, 0.29) is 5.91 Å². The van der Waals surface area contributed by atoms with E-state index >= 15 is 0 Å². The fraction of sp³-hybridized carbons (Fsp3) is 0.444. The second-order valence-corrected chi connectivity index (χ2v) is 7.44. The third-order valence-corrected chi connectivity index (χ3v) is 5.87. The molecule has 7 nitrogen and oxygen atoms in total. The van der Waals surface area contributed by atoms with Crippen LogP contribution in [0.3, 0.4) is 0 Å². The van der Waals surface area contributed by atoms with E-state index in [0.717, 1.165) is 59.9 Å². The molecule has 0 unspecified atom stereocenters. The highest BCUT2D eigenvalue weighted by atomic mass is 32.1. The molecule has 4 rings (SSSR count). The Morgan fingerprint density at radius 2 is 2.00 bits per heavy atom. The molecular weight excluding hydrogens is 352 g/mol. The lowest BCUT2D eigenvalue weighted by molar-refractivity contribution is 0.0632. The number of aromatic nitrogens is 1. The van der Waals surface area contributed by atoms with E-state index in [1.165, 1.54) is 16.9 Å². The standard InChI is InChI=1S/C18H22N4O3S/c1-12-16(26-18(19-2)20-12)17(23)22-7-5-21(6-8-22)10-13-3-4-14-15(9-13)25-11-24-14/h3-4,9H,5-8,10-11H2,1-2H3,(H,19,20). The predicted octanol–water partition coefficient (Wildman–Crippen LogP) is 2.18. The van der Waals surface area contributed by atoms with E-state index in [0.29, 0.717) is 6.79 Å². The van der Waals surface area contributed by atoms with Crippen LogP contribution < -0.4 is 14.8 Å². The maximum absolute atomic E-state index is 12.8. The van der Waals surface area contributed by atoms with Crippen molar-refractivity contribution in [2.24, 2.45) is 0 Å². The van der Waals surface area contributed by atoms with Gasteiger partial charge in [0.1, 0.15) is 4.88 Å². The van der Waals surface area contributed by atoms with Crippen LogP contribution in [0.1, 0.15) is 20.9 Å². The maximum atomic E-state index is 12.8. The van der Waals surface area contributed by atoms with Gasteiger partial charge in [0.05, 0.1) is 5.69 Å². The summed E-state index contributed by atoms with van der Waals surface area (Å²) in [6.07, 6.45) is 0. The molecule has 1 aromatic carbocycles. The summed E-state index contributed by atoms with van der Waals surface area (Å²) >= 11 is 1.42.